The Bertz CT molecular complexity index is 544. The maximum absolute atomic E-state index is 5.07. The molecule has 0 radical (unpaired) electrons. The summed E-state index contributed by atoms with van der Waals surface area (Å²) in [5.41, 5.74) is 2.01. The maximum atomic E-state index is 5.07. The fourth-order valence-corrected chi connectivity index (χ4v) is 1.93. The quantitative estimate of drug-likeness (QED) is 0.345. The fraction of sp³-hybridized carbons (Fsp3) is 0. The molecule has 0 saturated carbocycles. The molecule has 78 valence electrons. The Labute approximate surface area is 98.4 Å². The van der Waals surface area contributed by atoms with E-state index in [1.807, 2.05) is 41.8 Å². The third kappa shape index (κ3) is 2.72. The van der Waals surface area contributed by atoms with Crippen molar-refractivity contribution in [3.63, 3.8) is 0 Å². The number of hydrogen-bond acceptors (Lipinski definition) is 3. The molecular weight excluding hydrogens is 216 g/mol. The van der Waals surface area contributed by atoms with Crippen LogP contribution >= 0.6 is 11.3 Å². The van der Waals surface area contributed by atoms with Crippen LogP contribution in [-0.4, -0.2) is 6.21 Å². The van der Waals surface area contributed by atoms with Crippen LogP contribution in [0.5, 0.6) is 0 Å². The highest BCUT2D eigenvalue weighted by molar-refractivity contribution is 7.11. The van der Waals surface area contributed by atoms with Gasteiger partial charge in [0.2, 0.25) is 0 Å². The van der Waals surface area contributed by atoms with Gasteiger partial charge in [0.05, 0.1) is 6.21 Å². The van der Waals surface area contributed by atoms with Gasteiger partial charge >= 0.3 is 0 Å². The van der Waals surface area contributed by atoms with Crippen molar-refractivity contribution in [1.29, 1.82) is 0 Å². The molecule has 0 amide bonds. The van der Waals surface area contributed by atoms with Crippen molar-refractivity contribution in [1.82, 2.24) is 0 Å². The van der Waals surface area contributed by atoms with Crippen molar-refractivity contribution < 1.29 is 0 Å². The van der Waals surface area contributed by atoms with Crippen LogP contribution in [0.3, 0.4) is 0 Å². The van der Waals surface area contributed by atoms with Crippen LogP contribution in [-0.2, 0) is 0 Å². The topological polar surface area (TPSA) is 38.4 Å². The highest BCUT2D eigenvalue weighted by atomic mass is 32.1. The normalized spacial score (nSPS) is 10.0. The van der Waals surface area contributed by atoms with Crippen LogP contribution < -0.4 is 5.84 Å². The van der Waals surface area contributed by atoms with Gasteiger partial charge in [-0.2, -0.15) is 5.10 Å². The smallest absolute Gasteiger partial charge is 0.0638 e. The summed E-state index contributed by atoms with van der Waals surface area (Å²) in [7, 11) is 0. The molecule has 0 aliphatic heterocycles. The predicted molar refractivity (Wildman–Crippen MR) is 68.5 cm³/mol. The Morgan fingerprint density at radius 1 is 1.12 bits per heavy atom. The summed E-state index contributed by atoms with van der Waals surface area (Å²) in [6, 6.07) is 11.9. The maximum Gasteiger partial charge on any atom is 0.0638 e. The first-order chi connectivity index (χ1) is 7.88. The van der Waals surface area contributed by atoms with Crippen molar-refractivity contribution in [2.45, 2.75) is 0 Å². The Kier molecular flexibility index (Phi) is 3.37. The molecule has 0 fully saturated rings. The lowest BCUT2D eigenvalue weighted by Gasteiger charge is -1.85. The summed E-state index contributed by atoms with van der Waals surface area (Å²) in [6.07, 6.45) is 1.62. The molecule has 2 nitrogen and oxygen atoms in total. The molecule has 0 atom stereocenters. The predicted octanol–water partition coefficient (Wildman–Crippen LogP) is 2.44. The van der Waals surface area contributed by atoms with Crippen molar-refractivity contribution in [2.75, 3.05) is 0 Å². The Balaban J connectivity index is 2.18. The second-order valence-corrected chi connectivity index (χ2v) is 4.07. The van der Waals surface area contributed by atoms with Gasteiger partial charge in [0.15, 0.2) is 0 Å². The highest BCUT2D eigenvalue weighted by Crippen LogP contribution is 2.11. The first kappa shape index (κ1) is 10.5. The van der Waals surface area contributed by atoms with Crippen LogP contribution in [0.15, 0.2) is 46.9 Å². The van der Waals surface area contributed by atoms with Gasteiger partial charge < -0.3 is 5.84 Å². The molecule has 1 aromatic heterocycles. The third-order valence-electron chi connectivity index (χ3n) is 1.95. The molecular formula is C13H10N2S. The second kappa shape index (κ2) is 5.15. The molecule has 2 aromatic rings. The first-order valence-corrected chi connectivity index (χ1v) is 5.65. The standard InChI is InChI=1S/C13H10N2S/c14-15-9-13-8-12(10-16-13)7-6-11-4-2-1-3-5-11/h1-5,8-10H,14H2. The number of rotatable bonds is 1. The molecule has 0 aliphatic carbocycles. The Hall–Kier alpha value is -2.05. The van der Waals surface area contributed by atoms with Gasteiger partial charge in [-0.25, -0.2) is 0 Å². The lowest BCUT2D eigenvalue weighted by Crippen LogP contribution is -1.81. The largest absolute Gasteiger partial charge is 0.323 e. The summed E-state index contributed by atoms with van der Waals surface area (Å²) >= 11 is 1.58. The van der Waals surface area contributed by atoms with E-state index in [0.717, 1.165) is 16.0 Å². The van der Waals surface area contributed by atoms with Gasteiger partial charge in [0.1, 0.15) is 0 Å². The first-order valence-electron chi connectivity index (χ1n) is 4.77. The summed E-state index contributed by atoms with van der Waals surface area (Å²) in [6.45, 7) is 0. The number of hydrogen-bond donors (Lipinski definition) is 1. The number of nitrogens with zero attached hydrogens (tertiary/aromatic N) is 1. The van der Waals surface area contributed by atoms with Crippen molar-refractivity contribution in [2.24, 2.45) is 10.9 Å². The summed E-state index contributed by atoms with van der Waals surface area (Å²) in [5.74, 6) is 11.3. The van der Waals surface area contributed by atoms with Crippen molar-refractivity contribution >= 4 is 17.6 Å². The van der Waals surface area contributed by atoms with E-state index in [9.17, 15) is 0 Å². The number of nitrogens with two attached hydrogens (primary N) is 1. The molecule has 0 spiro atoms. The molecule has 16 heavy (non-hydrogen) atoms. The van der Waals surface area contributed by atoms with Crippen LogP contribution in [0.25, 0.3) is 0 Å². The number of hydrazone groups is 1. The zero-order chi connectivity index (χ0) is 11.2. The van der Waals surface area contributed by atoms with Crippen LogP contribution in [0.1, 0.15) is 16.0 Å². The van der Waals surface area contributed by atoms with Gasteiger partial charge in [-0.1, -0.05) is 30.0 Å². The zero-order valence-electron chi connectivity index (χ0n) is 8.55. The van der Waals surface area contributed by atoms with Crippen molar-refractivity contribution in [3.8, 4) is 11.8 Å². The molecule has 0 aliphatic rings. The Morgan fingerprint density at radius 3 is 2.62 bits per heavy atom. The summed E-state index contributed by atoms with van der Waals surface area (Å²) in [4.78, 5) is 1.01. The average molecular weight is 226 g/mol. The molecule has 2 N–H and O–H groups in total. The van der Waals surface area contributed by atoms with E-state index in [-0.39, 0.29) is 0 Å². The summed E-state index contributed by atoms with van der Waals surface area (Å²) in [5, 5.41) is 5.47. The lowest BCUT2D eigenvalue weighted by molar-refractivity contribution is 1.27. The molecule has 2 rings (SSSR count). The van der Waals surface area contributed by atoms with E-state index < -0.39 is 0 Å². The Morgan fingerprint density at radius 2 is 1.88 bits per heavy atom. The van der Waals surface area contributed by atoms with E-state index in [1.54, 1.807) is 17.6 Å². The molecule has 3 heteroatoms. The van der Waals surface area contributed by atoms with Gasteiger partial charge in [0, 0.05) is 21.4 Å². The van der Waals surface area contributed by atoms with Gasteiger partial charge in [-0.3, -0.25) is 0 Å². The van der Waals surface area contributed by atoms with Gasteiger partial charge in [-0.15, -0.1) is 11.3 Å². The SMILES string of the molecule is NN=Cc1cc(C#Cc2ccccc2)cs1. The summed E-state index contributed by atoms with van der Waals surface area (Å²) < 4.78 is 0. The third-order valence-corrected chi connectivity index (χ3v) is 2.81. The highest BCUT2D eigenvalue weighted by Gasteiger charge is 1.93. The molecule has 0 saturated heterocycles. The zero-order valence-corrected chi connectivity index (χ0v) is 9.37. The number of thiophene rings is 1. The fourth-order valence-electron chi connectivity index (χ4n) is 1.23. The molecule has 0 unspecified atom stereocenters. The molecule has 1 heterocycles. The minimum absolute atomic E-state index is 0.990. The van der Waals surface area contributed by atoms with E-state index >= 15 is 0 Å². The lowest BCUT2D eigenvalue weighted by atomic mass is 10.2. The van der Waals surface area contributed by atoms with Crippen LogP contribution in [0, 0.1) is 11.8 Å². The minimum atomic E-state index is 0.990. The number of benzene rings is 1. The van der Waals surface area contributed by atoms with Gasteiger partial charge in [-0.05, 0) is 18.2 Å². The van der Waals surface area contributed by atoms with E-state index in [1.165, 1.54) is 0 Å². The van der Waals surface area contributed by atoms with E-state index in [2.05, 4.69) is 16.9 Å². The van der Waals surface area contributed by atoms with E-state index in [4.69, 9.17) is 5.84 Å². The van der Waals surface area contributed by atoms with Gasteiger partial charge in [0.25, 0.3) is 0 Å². The van der Waals surface area contributed by atoms with Crippen LogP contribution in [0.4, 0.5) is 0 Å². The molecule has 0 bridgehead atoms. The van der Waals surface area contributed by atoms with Crippen molar-refractivity contribution in [3.05, 3.63) is 57.8 Å². The van der Waals surface area contributed by atoms with E-state index in [0.29, 0.717) is 0 Å². The molecule has 1 aromatic carbocycles. The second-order valence-electron chi connectivity index (χ2n) is 3.13. The minimum Gasteiger partial charge on any atom is -0.323 e. The monoisotopic (exact) mass is 226 g/mol. The van der Waals surface area contributed by atoms with Crippen LogP contribution in [0.2, 0.25) is 0 Å². The average Bonchev–Trinajstić information content (AvgIpc) is 2.76.